The summed E-state index contributed by atoms with van der Waals surface area (Å²) in [5, 5.41) is 0. The van der Waals surface area contributed by atoms with E-state index in [1.54, 1.807) is 0 Å². The molecule has 0 amide bonds. The highest BCUT2D eigenvalue weighted by Crippen LogP contribution is 2.15. The highest BCUT2D eigenvalue weighted by atomic mass is 35.5. The zero-order valence-electron chi connectivity index (χ0n) is 11.2. The molecule has 1 heterocycles. The molecule has 0 aliphatic carbocycles. The van der Waals surface area contributed by atoms with E-state index in [9.17, 15) is 0 Å². The molecule has 0 bridgehead atoms. The Morgan fingerprint density at radius 3 is 2.19 bits per heavy atom. The van der Waals surface area contributed by atoms with Gasteiger partial charge in [-0.25, -0.2) is 0 Å². The molecule has 0 aromatic heterocycles. The van der Waals surface area contributed by atoms with Crippen LogP contribution in [0.1, 0.15) is 45.4 Å². The molecular formula is C13H28ClNO. The summed E-state index contributed by atoms with van der Waals surface area (Å²) < 4.78 is 6.43. The van der Waals surface area contributed by atoms with Crippen LogP contribution in [0, 0.1) is 0 Å². The van der Waals surface area contributed by atoms with Crippen LogP contribution in [0.25, 0.3) is 0 Å². The second-order valence-corrected chi connectivity index (χ2v) is 5.57. The van der Waals surface area contributed by atoms with Crippen molar-refractivity contribution in [2.24, 2.45) is 0 Å². The summed E-state index contributed by atoms with van der Waals surface area (Å²) in [6.45, 7) is 5.79. The number of nitrogens with zero attached hydrogens (tertiary/aromatic N) is 1. The van der Waals surface area contributed by atoms with Crippen LogP contribution in [0.5, 0.6) is 0 Å². The number of unbranched alkanes of at least 4 members (excludes halogenated alkanes) is 5. The summed E-state index contributed by atoms with van der Waals surface area (Å²) in [5.74, 6) is 0. The molecule has 0 saturated carbocycles. The quantitative estimate of drug-likeness (QED) is 0.314. The lowest BCUT2D eigenvalue weighted by atomic mass is 10.1. The molecule has 1 fully saturated rings. The van der Waals surface area contributed by atoms with Gasteiger partial charge in [-0.2, -0.15) is 0 Å². The van der Waals surface area contributed by atoms with Crippen LogP contribution in [-0.2, 0) is 4.74 Å². The van der Waals surface area contributed by atoms with E-state index in [2.05, 4.69) is 21.0 Å². The molecule has 0 spiro atoms. The van der Waals surface area contributed by atoms with Crippen LogP contribution in [0.2, 0.25) is 0 Å². The minimum absolute atomic E-state index is 0. The predicted molar refractivity (Wildman–Crippen MR) is 65.0 cm³/mol. The van der Waals surface area contributed by atoms with Gasteiger partial charge < -0.3 is 21.6 Å². The number of ether oxygens (including phenoxy) is 1. The molecule has 1 aliphatic rings. The van der Waals surface area contributed by atoms with Crippen LogP contribution in [0.15, 0.2) is 0 Å². The Kier molecular flexibility index (Phi) is 8.43. The maximum absolute atomic E-state index is 5.29. The Bertz CT molecular complexity index is 169. The van der Waals surface area contributed by atoms with Crippen LogP contribution < -0.4 is 12.4 Å². The zero-order chi connectivity index (χ0) is 11.1. The molecule has 0 aromatic carbocycles. The summed E-state index contributed by atoms with van der Waals surface area (Å²) in [6.07, 6.45) is 8.97. The molecule has 16 heavy (non-hydrogen) atoms. The number of hydrogen-bond donors (Lipinski definition) is 0. The highest BCUT2D eigenvalue weighted by Gasteiger charge is 2.30. The van der Waals surface area contributed by atoms with Gasteiger partial charge in [0.05, 0.1) is 27.2 Å². The number of likely N-dealkylation sites (N-methyl/N-ethyl adjacent to an activating group) is 1. The highest BCUT2D eigenvalue weighted by molar-refractivity contribution is 4.67. The van der Waals surface area contributed by atoms with E-state index >= 15 is 0 Å². The molecule has 3 heteroatoms. The molecule has 1 unspecified atom stereocenters. The third-order valence-electron chi connectivity index (χ3n) is 3.22. The van der Waals surface area contributed by atoms with Gasteiger partial charge in [0.25, 0.3) is 0 Å². The number of quaternary nitrogens is 1. The molecule has 98 valence electrons. The first-order valence-corrected chi connectivity index (χ1v) is 6.57. The van der Waals surface area contributed by atoms with Gasteiger partial charge in [0, 0.05) is 0 Å². The number of epoxide rings is 1. The number of halogens is 1. The Labute approximate surface area is 107 Å². The SMILES string of the molecule is CCCCCCCC[N+](C)(C)CC1CO1.[Cl-]. The lowest BCUT2D eigenvalue weighted by molar-refractivity contribution is -0.891. The van der Waals surface area contributed by atoms with Crippen LogP contribution >= 0.6 is 0 Å². The minimum atomic E-state index is 0. The summed E-state index contributed by atoms with van der Waals surface area (Å²) >= 11 is 0. The standard InChI is InChI=1S/C13H28NO.ClH/c1-4-5-6-7-8-9-10-14(2,3)11-13-12-15-13;/h13H,4-12H2,1-3H3;1H/q+1;/p-1. The largest absolute Gasteiger partial charge is 1.00 e. The average molecular weight is 250 g/mol. The van der Waals surface area contributed by atoms with Crippen LogP contribution in [-0.4, -0.2) is 44.4 Å². The van der Waals surface area contributed by atoms with Gasteiger partial charge in [-0.3, -0.25) is 0 Å². The van der Waals surface area contributed by atoms with Crippen molar-refractivity contribution in [3.8, 4) is 0 Å². The van der Waals surface area contributed by atoms with Gasteiger partial charge in [-0.1, -0.05) is 32.6 Å². The molecule has 2 nitrogen and oxygen atoms in total. The van der Waals surface area contributed by atoms with Crippen molar-refractivity contribution in [3.05, 3.63) is 0 Å². The van der Waals surface area contributed by atoms with Crippen molar-refractivity contribution in [1.82, 2.24) is 0 Å². The van der Waals surface area contributed by atoms with Crippen LogP contribution in [0.4, 0.5) is 0 Å². The third-order valence-corrected chi connectivity index (χ3v) is 3.22. The Balaban J connectivity index is 0.00000225. The fourth-order valence-electron chi connectivity index (χ4n) is 2.14. The van der Waals surface area contributed by atoms with E-state index in [-0.39, 0.29) is 12.4 Å². The van der Waals surface area contributed by atoms with Gasteiger partial charge in [-0.15, -0.1) is 0 Å². The van der Waals surface area contributed by atoms with Crippen molar-refractivity contribution >= 4 is 0 Å². The van der Waals surface area contributed by atoms with E-state index in [0.29, 0.717) is 6.10 Å². The second kappa shape index (κ2) is 8.32. The van der Waals surface area contributed by atoms with Crippen molar-refractivity contribution in [3.63, 3.8) is 0 Å². The minimum Gasteiger partial charge on any atom is -1.00 e. The lowest BCUT2D eigenvalue weighted by Crippen LogP contribution is -3.00. The first-order chi connectivity index (χ1) is 7.14. The van der Waals surface area contributed by atoms with E-state index in [1.807, 2.05) is 0 Å². The average Bonchev–Trinajstić information content (AvgIpc) is 2.94. The van der Waals surface area contributed by atoms with Crippen LogP contribution in [0.3, 0.4) is 0 Å². The molecule has 0 N–H and O–H groups in total. The van der Waals surface area contributed by atoms with Gasteiger partial charge in [0.2, 0.25) is 0 Å². The zero-order valence-corrected chi connectivity index (χ0v) is 11.9. The third kappa shape index (κ3) is 8.37. The first-order valence-electron chi connectivity index (χ1n) is 6.57. The fourth-order valence-corrected chi connectivity index (χ4v) is 2.14. The number of hydrogen-bond acceptors (Lipinski definition) is 1. The van der Waals surface area contributed by atoms with E-state index in [0.717, 1.165) is 11.1 Å². The molecule has 1 atom stereocenters. The molecule has 1 saturated heterocycles. The maximum Gasteiger partial charge on any atom is 0.130 e. The van der Waals surface area contributed by atoms with Crippen molar-refractivity contribution in [2.45, 2.75) is 51.6 Å². The maximum atomic E-state index is 5.29. The first kappa shape index (κ1) is 16.2. The normalized spacial score (nSPS) is 19.3. The molecular weight excluding hydrogens is 222 g/mol. The summed E-state index contributed by atoms with van der Waals surface area (Å²) in [7, 11) is 4.65. The predicted octanol–water partition coefficient (Wildman–Crippen LogP) is -0.174. The molecule has 1 rings (SSSR count). The summed E-state index contributed by atoms with van der Waals surface area (Å²) in [6, 6.07) is 0. The lowest BCUT2D eigenvalue weighted by Gasteiger charge is -2.29. The summed E-state index contributed by atoms with van der Waals surface area (Å²) in [5.41, 5.74) is 0. The van der Waals surface area contributed by atoms with E-state index in [1.165, 1.54) is 51.6 Å². The molecule has 1 aliphatic heterocycles. The monoisotopic (exact) mass is 249 g/mol. The Morgan fingerprint density at radius 2 is 1.62 bits per heavy atom. The number of rotatable bonds is 9. The molecule has 0 aromatic rings. The van der Waals surface area contributed by atoms with Gasteiger partial charge in [0.1, 0.15) is 12.6 Å². The topological polar surface area (TPSA) is 12.5 Å². The van der Waals surface area contributed by atoms with E-state index in [4.69, 9.17) is 4.74 Å². The van der Waals surface area contributed by atoms with E-state index < -0.39 is 0 Å². The Morgan fingerprint density at radius 1 is 1.06 bits per heavy atom. The summed E-state index contributed by atoms with van der Waals surface area (Å²) in [4.78, 5) is 0. The van der Waals surface area contributed by atoms with Gasteiger partial charge >= 0.3 is 0 Å². The Hall–Kier alpha value is 0.210. The fraction of sp³-hybridized carbons (Fsp3) is 1.00. The van der Waals surface area contributed by atoms with Crippen molar-refractivity contribution in [1.29, 1.82) is 0 Å². The second-order valence-electron chi connectivity index (χ2n) is 5.57. The van der Waals surface area contributed by atoms with Gasteiger partial charge in [0.15, 0.2) is 0 Å². The van der Waals surface area contributed by atoms with Crippen molar-refractivity contribution < 1.29 is 21.6 Å². The molecule has 0 radical (unpaired) electrons. The smallest absolute Gasteiger partial charge is 0.130 e. The van der Waals surface area contributed by atoms with Crippen molar-refractivity contribution in [2.75, 3.05) is 33.8 Å². The van der Waals surface area contributed by atoms with Gasteiger partial charge in [-0.05, 0) is 12.8 Å².